The number of aromatic nitrogens is 3. The highest BCUT2D eigenvalue weighted by Crippen LogP contribution is 2.28. The van der Waals surface area contributed by atoms with Crippen molar-refractivity contribution in [2.75, 3.05) is 32.5 Å². The predicted molar refractivity (Wildman–Crippen MR) is 92.8 cm³/mol. The number of nitrogens with two attached hydrogens (primary N) is 1. The molecule has 2 aromatic heterocycles. The van der Waals surface area contributed by atoms with Crippen LogP contribution in [0.2, 0.25) is 0 Å². The third kappa shape index (κ3) is 2.54. The van der Waals surface area contributed by atoms with E-state index in [1.165, 1.54) is 0 Å². The highest BCUT2D eigenvalue weighted by atomic mass is 16.5. The van der Waals surface area contributed by atoms with E-state index in [1.807, 2.05) is 25.1 Å². The molecule has 1 aromatic carbocycles. The molecule has 0 spiro atoms. The summed E-state index contributed by atoms with van der Waals surface area (Å²) in [7, 11) is 1.58. The number of nitrogens with zero attached hydrogens (tertiary/aromatic N) is 4. The number of hydrogen-bond acceptors (Lipinski definition) is 6. The van der Waals surface area contributed by atoms with E-state index in [4.69, 9.17) is 15.2 Å². The molecular formula is C17H19N5O3. The van der Waals surface area contributed by atoms with Crippen molar-refractivity contribution in [3.63, 3.8) is 0 Å². The molecule has 1 aliphatic rings. The van der Waals surface area contributed by atoms with E-state index in [9.17, 15) is 4.79 Å². The number of nitrogen functional groups attached to an aromatic ring is 1. The van der Waals surface area contributed by atoms with Crippen molar-refractivity contribution < 1.29 is 14.3 Å². The zero-order chi connectivity index (χ0) is 17.6. The summed E-state index contributed by atoms with van der Waals surface area (Å²) in [4.78, 5) is 23.5. The summed E-state index contributed by atoms with van der Waals surface area (Å²) >= 11 is 0. The van der Waals surface area contributed by atoms with Gasteiger partial charge in [0.05, 0.1) is 19.8 Å². The third-order valence-electron chi connectivity index (χ3n) is 4.39. The van der Waals surface area contributed by atoms with Crippen LogP contribution < -0.4 is 10.5 Å². The molecule has 130 valence electrons. The maximum Gasteiger partial charge on any atom is 0.274 e. The van der Waals surface area contributed by atoms with Crippen LogP contribution in [0.1, 0.15) is 17.4 Å². The fourth-order valence-electron chi connectivity index (χ4n) is 3.16. The maximum absolute atomic E-state index is 12.8. The average Bonchev–Trinajstić information content (AvgIpc) is 3.07. The van der Waals surface area contributed by atoms with Gasteiger partial charge >= 0.3 is 0 Å². The van der Waals surface area contributed by atoms with Crippen molar-refractivity contribution in [3.05, 3.63) is 30.1 Å². The molecule has 8 nitrogen and oxygen atoms in total. The normalized spacial score (nSPS) is 18.0. The molecule has 0 aliphatic carbocycles. The van der Waals surface area contributed by atoms with Crippen molar-refractivity contribution >= 4 is 28.4 Å². The van der Waals surface area contributed by atoms with Crippen LogP contribution in [0.5, 0.6) is 5.75 Å². The summed E-state index contributed by atoms with van der Waals surface area (Å²) < 4.78 is 12.5. The van der Waals surface area contributed by atoms with Crippen molar-refractivity contribution in [2.45, 2.75) is 13.0 Å². The lowest BCUT2D eigenvalue weighted by atomic mass is 10.2. The Morgan fingerprint density at radius 2 is 2.24 bits per heavy atom. The second-order valence-electron chi connectivity index (χ2n) is 6.08. The summed E-state index contributed by atoms with van der Waals surface area (Å²) in [5, 5.41) is 0.781. The van der Waals surface area contributed by atoms with Crippen LogP contribution in [-0.2, 0) is 4.74 Å². The number of benzene rings is 1. The Morgan fingerprint density at radius 1 is 1.40 bits per heavy atom. The standard InChI is InChI=1S/C17H19N5O3/c1-10-8-21(6-7-25-10)16(23)12-9-22-15(19-12)11-4-3-5-13(24-2)14(11)20-17(22)18/h3-5,9-10H,6-8H2,1-2H3,(H2,18,20)/t10-/m0/s1. The second kappa shape index (κ2) is 5.89. The molecule has 1 amide bonds. The van der Waals surface area contributed by atoms with Gasteiger partial charge in [-0.1, -0.05) is 6.07 Å². The molecule has 0 bridgehead atoms. The number of carbonyl (C=O) groups is 1. The number of amides is 1. The number of rotatable bonds is 2. The summed E-state index contributed by atoms with van der Waals surface area (Å²) in [5.41, 5.74) is 7.63. The SMILES string of the molecule is COc1cccc2c1nc(N)n1cc(C(=O)N3CCO[C@@H](C)C3)nc21. The minimum atomic E-state index is -0.130. The Hall–Kier alpha value is -2.87. The summed E-state index contributed by atoms with van der Waals surface area (Å²) in [5.74, 6) is 0.743. The Morgan fingerprint density at radius 3 is 3.00 bits per heavy atom. The molecule has 0 unspecified atom stereocenters. The highest BCUT2D eigenvalue weighted by Gasteiger charge is 2.25. The summed E-state index contributed by atoms with van der Waals surface area (Å²) in [6.07, 6.45) is 1.66. The molecular weight excluding hydrogens is 322 g/mol. The topological polar surface area (TPSA) is 95.0 Å². The number of ether oxygens (including phenoxy) is 2. The number of imidazole rings is 1. The van der Waals surface area contributed by atoms with Crippen LogP contribution in [0.4, 0.5) is 5.95 Å². The molecule has 1 fully saturated rings. The molecule has 0 saturated carbocycles. The first kappa shape index (κ1) is 15.6. The predicted octanol–water partition coefficient (Wildman–Crippen LogP) is 1.33. The maximum atomic E-state index is 12.8. The number of anilines is 1. The third-order valence-corrected chi connectivity index (χ3v) is 4.39. The summed E-state index contributed by atoms with van der Waals surface area (Å²) in [6.45, 7) is 3.59. The van der Waals surface area contributed by atoms with E-state index in [-0.39, 0.29) is 18.0 Å². The van der Waals surface area contributed by atoms with Gasteiger partial charge < -0.3 is 20.1 Å². The van der Waals surface area contributed by atoms with Gasteiger partial charge in [-0.2, -0.15) is 0 Å². The van der Waals surface area contributed by atoms with E-state index in [0.29, 0.717) is 42.3 Å². The number of para-hydroxylation sites is 1. The fraction of sp³-hybridized carbons (Fsp3) is 0.353. The quantitative estimate of drug-likeness (QED) is 0.756. The number of morpholine rings is 1. The van der Waals surface area contributed by atoms with Gasteiger partial charge in [-0.05, 0) is 19.1 Å². The minimum absolute atomic E-state index is 0.0200. The lowest BCUT2D eigenvalue weighted by Gasteiger charge is -2.30. The van der Waals surface area contributed by atoms with Crippen LogP contribution in [0.25, 0.3) is 16.6 Å². The van der Waals surface area contributed by atoms with E-state index >= 15 is 0 Å². The Bertz CT molecular complexity index is 968. The van der Waals surface area contributed by atoms with Crippen LogP contribution in [0, 0.1) is 0 Å². The van der Waals surface area contributed by atoms with Gasteiger partial charge in [-0.15, -0.1) is 0 Å². The average molecular weight is 341 g/mol. The molecule has 0 radical (unpaired) electrons. The minimum Gasteiger partial charge on any atom is -0.494 e. The molecule has 25 heavy (non-hydrogen) atoms. The van der Waals surface area contributed by atoms with Gasteiger partial charge in [-0.3, -0.25) is 9.20 Å². The van der Waals surface area contributed by atoms with Gasteiger partial charge in [0.25, 0.3) is 5.91 Å². The number of carbonyl (C=O) groups excluding carboxylic acids is 1. The smallest absolute Gasteiger partial charge is 0.274 e. The lowest BCUT2D eigenvalue weighted by Crippen LogP contribution is -2.44. The number of hydrogen-bond donors (Lipinski definition) is 1. The van der Waals surface area contributed by atoms with E-state index in [0.717, 1.165) is 5.39 Å². The van der Waals surface area contributed by atoms with Crippen LogP contribution in [-0.4, -0.2) is 58.1 Å². The Labute approximate surface area is 144 Å². The Kier molecular flexibility index (Phi) is 3.69. The molecule has 4 rings (SSSR count). The van der Waals surface area contributed by atoms with Crippen LogP contribution >= 0.6 is 0 Å². The first-order valence-electron chi connectivity index (χ1n) is 8.10. The van der Waals surface area contributed by atoms with Gasteiger partial charge in [0, 0.05) is 24.7 Å². The molecule has 1 aliphatic heterocycles. The summed E-state index contributed by atoms with van der Waals surface area (Å²) in [6, 6.07) is 5.56. The molecule has 3 aromatic rings. The number of fused-ring (bicyclic) bond motifs is 3. The zero-order valence-electron chi connectivity index (χ0n) is 14.1. The van der Waals surface area contributed by atoms with Crippen molar-refractivity contribution in [1.82, 2.24) is 19.3 Å². The first-order valence-corrected chi connectivity index (χ1v) is 8.10. The van der Waals surface area contributed by atoms with Gasteiger partial charge in [-0.25, -0.2) is 9.97 Å². The fourth-order valence-corrected chi connectivity index (χ4v) is 3.16. The van der Waals surface area contributed by atoms with Crippen LogP contribution in [0.15, 0.2) is 24.4 Å². The van der Waals surface area contributed by atoms with Gasteiger partial charge in [0.2, 0.25) is 5.95 Å². The van der Waals surface area contributed by atoms with Gasteiger partial charge in [0.15, 0.2) is 0 Å². The van der Waals surface area contributed by atoms with Crippen LogP contribution in [0.3, 0.4) is 0 Å². The highest BCUT2D eigenvalue weighted by molar-refractivity contribution is 5.99. The van der Waals surface area contributed by atoms with E-state index in [2.05, 4.69) is 9.97 Å². The number of methoxy groups -OCH3 is 1. The Balaban J connectivity index is 1.83. The first-order chi connectivity index (χ1) is 12.1. The molecule has 3 heterocycles. The van der Waals surface area contributed by atoms with Crippen molar-refractivity contribution in [1.29, 1.82) is 0 Å². The van der Waals surface area contributed by atoms with E-state index < -0.39 is 0 Å². The van der Waals surface area contributed by atoms with Crippen molar-refractivity contribution in [2.24, 2.45) is 0 Å². The molecule has 1 saturated heterocycles. The molecule has 1 atom stereocenters. The van der Waals surface area contributed by atoms with Crippen molar-refractivity contribution in [3.8, 4) is 5.75 Å². The lowest BCUT2D eigenvalue weighted by molar-refractivity contribution is -0.0126. The molecule has 8 heteroatoms. The molecule has 2 N–H and O–H groups in total. The second-order valence-corrected chi connectivity index (χ2v) is 6.08. The van der Waals surface area contributed by atoms with Gasteiger partial charge in [0.1, 0.15) is 22.6 Å². The largest absolute Gasteiger partial charge is 0.494 e. The zero-order valence-corrected chi connectivity index (χ0v) is 14.1. The monoisotopic (exact) mass is 341 g/mol. The van der Waals surface area contributed by atoms with E-state index in [1.54, 1.807) is 22.6 Å².